The SMILES string of the molecule is CCOC(=O)c1c(C)[nH]c(C)c1C(=O)/C(C#N)=C/c1ccc(OC(F)F)c(OCC)c1. The van der Waals surface area contributed by atoms with Gasteiger partial charge in [0.05, 0.1) is 24.3 Å². The minimum absolute atomic E-state index is 0.0437. The molecule has 31 heavy (non-hydrogen) atoms. The van der Waals surface area contributed by atoms with E-state index in [1.54, 1.807) is 27.7 Å². The first-order chi connectivity index (χ1) is 14.7. The van der Waals surface area contributed by atoms with Crippen LogP contribution in [0, 0.1) is 25.2 Å². The van der Waals surface area contributed by atoms with Crippen molar-refractivity contribution in [3.8, 4) is 17.6 Å². The van der Waals surface area contributed by atoms with Crippen LogP contribution in [-0.2, 0) is 4.74 Å². The Morgan fingerprint density at radius 2 is 1.81 bits per heavy atom. The Balaban J connectivity index is 2.50. The second-order valence-corrected chi connectivity index (χ2v) is 6.36. The van der Waals surface area contributed by atoms with Crippen LogP contribution in [0.5, 0.6) is 11.5 Å². The second-order valence-electron chi connectivity index (χ2n) is 6.36. The summed E-state index contributed by atoms with van der Waals surface area (Å²) in [7, 11) is 0. The fourth-order valence-electron chi connectivity index (χ4n) is 3.05. The normalized spacial score (nSPS) is 11.2. The number of H-pyrrole nitrogens is 1. The van der Waals surface area contributed by atoms with E-state index in [-0.39, 0.29) is 41.4 Å². The maximum absolute atomic E-state index is 13.1. The number of hydrogen-bond acceptors (Lipinski definition) is 6. The number of hydrogen-bond donors (Lipinski definition) is 1. The number of ether oxygens (including phenoxy) is 3. The van der Waals surface area contributed by atoms with Crippen LogP contribution in [0.2, 0.25) is 0 Å². The summed E-state index contributed by atoms with van der Waals surface area (Å²) in [6.45, 7) is 3.85. The van der Waals surface area contributed by atoms with Crippen molar-refractivity contribution in [1.29, 1.82) is 5.26 Å². The molecule has 9 heteroatoms. The van der Waals surface area contributed by atoms with Crippen LogP contribution in [0.25, 0.3) is 6.08 Å². The Morgan fingerprint density at radius 1 is 1.13 bits per heavy atom. The van der Waals surface area contributed by atoms with E-state index in [0.717, 1.165) is 0 Å². The van der Waals surface area contributed by atoms with E-state index in [2.05, 4.69) is 9.72 Å². The molecular weight excluding hydrogens is 410 g/mol. The van der Waals surface area contributed by atoms with Crippen LogP contribution in [0.4, 0.5) is 8.78 Å². The number of aromatic amines is 1. The summed E-state index contributed by atoms with van der Waals surface area (Å²) in [5.74, 6) is -1.46. The van der Waals surface area contributed by atoms with E-state index in [1.165, 1.54) is 24.3 Å². The highest BCUT2D eigenvalue weighted by atomic mass is 19.3. The number of ketones is 1. The van der Waals surface area contributed by atoms with Crippen LogP contribution in [0.3, 0.4) is 0 Å². The predicted molar refractivity (Wildman–Crippen MR) is 108 cm³/mol. The van der Waals surface area contributed by atoms with Gasteiger partial charge < -0.3 is 19.2 Å². The Morgan fingerprint density at radius 3 is 2.39 bits per heavy atom. The van der Waals surface area contributed by atoms with Gasteiger partial charge in [-0.05, 0) is 51.5 Å². The fraction of sp³-hybridized carbons (Fsp3) is 0.318. The number of halogens is 2. The second kappa shape index (κ2) is 10.4. The number of Topliss-reactive ketones (excluding diaryl/α,β-unsaturated/α-hetero) is 1. The van der Waals surface area contributed by atoms with Gasteiger partial charge in [0.2, 0.25) is 5.78 Å². The van der Waals surface area contributed by atoms with E-state index in [1.807, 2.05) is 6.07 Å². The molecule has 1 N–H and O–H groups in total. The number of aryl methyl sites for hydroxylation is 2. The van der Waals surface area contributed by atoms with Gasteiger partial charge in [-0.2, -0.15) is 14.0 Å². The van der Waals surface area contributed by atoms with Crippen molar-refractivity contribution in [2.75, 3.05) is 13.2 Å². The lowest BCUT2D eigenvalue weighted by molar-refractivity contribution is -0.0514. The van der Waals surface area contributed by atoms with E-state index >= 15 is 0 Å². The smallest absolute Gasteiger partial charge is 0.387 e. The highest BCUT2D eigenvalue weighted by Crippen LogP contribution is 2.31. The molecule has 0 saturated heterocycles. The third-order valence-corrected chi connectivity index (χ3v) is 4.24. The van der Waals surface area contributed by atoms with Crippen molar-refractivity contribution in [2.24, 2.45) is 0 Å². The topological polar surface area (TPSA) is 101 Å². The molecule has 0 bridgehead atoms. The summed E-state index contributed by atoms with van der Waals surface area (Å²) >= 11 is 0. The molecule has 1 heterocycles. The molecule has 2 aromatic rings. The third-order valence-electron chi connectivity index (χ3n) is 4.24. The summed E-state index contributed by atoms with van der Waals surface area (Å²) in [5.41, 5.74) is 1.09. The number of carbonyl (C=O) groups is 2. The molecule has 7 nitrogen and oxygen atoms in total. The average Bonchev–Trinajstić information content (AvgIpc) is 3.01. The van der Waals surface area contributed by atoms with Crippen molar-refractivity contribution < 1.29 is 32.6 Å². The monoisotopic (exact) mass is 432 g/mol. The summed E-state index contributed by atoms with van der Waals surface area (Å²) in [6, 6.07) is 5.89. The van der Waals surface area contributed by atoms with Gasteiger partial charge in [-0.25, -0.2) is 4.79 Å². The lowest BCUT2D eigenvalue weighted by atomic mass is 9.98. The summed E-state index contributed by atoms with van der Waals surface area (Å²) in [4.78, 5) is 28.3. The zero-order chi connectivity index (χ0) is 23.1. The van der Waals surface area contributed by atoms with Crippen LogP contribution in [0.1, 0.15) is 51.5 Å². The van der Waals surface area contributed by atoms with Gasteiger partial charge in [-0.3, -0.25) is 4.79 Å². The van der Waals surface area contributed by atoms with E-state index < -0.39 is 18.4 Å². The molecule has 0 amide bonds. The van der Waals surface area contributed by atoms with Gasteiger partial charge >= 0.3 is 12.6 Å². The Labute approximate surface area is 178 Å². The average molecular weight is 432 g/mol. The molecule has 2 rings (SSSR count). The quantitative estimate of drug-likeness (QED) is 0.269. The van der Waals surface area contributed by atoms with Gasteiger partial charge in [-0.1, -0.05) is 6.07 Å². The Bertz CT molecular complexity index is 1050. The van der Waals surface area contributed by atoms with Crippen molar-refractivity contribution in [1.82, 2.24) is 4.98 Å². The van der Waals surface area contributed by atoms with Crippen molar-refractivity contribution >= 4 is 17.8 Å². The number of alkyl halides is 2. The molecule has 1 aromatic heterocycles. The number of nitrogens with one attached hydrogen (secondary N) is 1. The molecule has 0 saturated carbocycles. The van der Waals surface area contributed by atoms with E-state index in [0.29, 0.717) is 17.0 Å². The predicted octanol–water partition coefficient (Wildman–Crippen LogP) is 4.60. The Kier molecular flexibility index (Phi) is 7.91. The maximum atomic E-state index is 13.1. The summed E-state index contributed by atoms with van der Waals surface area (Å²) in [6.07, 6.45) is 1.29. The largest absolute Gasteiger partial charge is 0.490 e. The molecule has 164 valence electrons. The van der Waals surface area contributed by atoms with Gasteiger partial charge in [0.1, 0.15) is 11.6 Å². The Hall–Kier alpha value is -3.67. The molecular formula is C22H22F2N2O5. The molecule has 0 aliphatic heterocycles. The first-order valence-corrected chi connectivity index (χ1v) is 9.47. The summed E-state index contributed by atoms with van der Waals surface area (Å²) in [5, 5.41) is 9.58. The van der Waals surface area contributed by atoms with E-state index in [9.17, 15) is 23.6 Å². The number of allylic oxidation sites excluding steroid dienone is 1. The molecule has 0 spiro atoms. The number of rotatable bonds is 9. The standard InChI is InChI=1S/C22H22F2N2O5/c1-5-29-17-10-14(7-8-16(17)31-22(23)24)9-15(11-25)20(27)18-12(3)26-13(4)19(18)21(28)30-6-2/h7-10,22,26H,5-6H2,1-4H3/b15-9+. The molecule has 0 aliphatic carbocycles. The number of benzene rings is 1. The molecule has 0 aliphatic rings. The molecule has 0 radical (unpaired) electrons. The lowest BCUT2D eigenvalue weighted by Crippen LogP contribution is -2.13. The van der Waals surface area contributed by atoms with Crippen LogP contribution in [-0.4, -0.2) is 36.6 Å². The minimum atomic E-state index is -3.03. The van der Waals surface area contributed by atoms with Gasteiger partial charge in [0.15, 0.2) is 11.5 Å². The first kappa shape index (κ1) is 23.6. The van der Waals surface area contributed by atoms with Gasteiger partial charge in [0.25, 0.3) is 0 Å². The zero-order valence-corrected chi connectivity index (χ0v) is 17.5. The van der Waals surface area contributed by atoms with Crippen LogP contribution >= 0.6 is 0 Å². The number of nitrogens with zero attached hydrogens (tertiary/aromatic N) is 1. The van der Waals surface area contributed by atoms with Crippen LogP contribution in [0.15, 0.2) is 23.8 Å². The molecule has 0 unspecified atom stereocenters. The maximum Gasteiger partial charge on any atom is 0.387 e. The summed E-state index contributed by atoms with van der Waals surface area (Å²) < 4.78 is 39.9. The zero-order valence-electron chi connectivity index (χ0n) is 17.5. The van der Waals surface area contributed by atoms with Gasteiger partial charge in [-0.15, -0.1) is 0 Å². The van der Waals surface area contributed by atoms with Gasteiger partial charge in [0, 0.05) is 11.4 Å². The highest BCUT2D eigenvalue weighted by Gasteiger charge is 2.27. The first-order valence-electron chi connectivity index (χ1n) is 9.47. The number of nitriles is 1. The number of aromatic nitrogens is 1. The minimum Gasteiger partial charge on any atom is -0.490 e. The van der Waals surface area contributed by atoms with Crippen LogP contribution < -0.4 is 9.47 Å². The van der Waals surface area contributed by atoms with Crippen molar-refractivity contribution in [2.45, 2.75) is 34.3 Å². The number of carbonyl (C=O) groups excluding carboxylic acids is 2. The van der Waals surface area contributed by atoms with Crippen molar-refractivity contribution in [3.63, 3.8) is 0 Å². The fourth-order valence-corrected chi connectivity index (χ4v) is 3.05. The van der Waals surface area contributed by atoms with E-state index in [4.69, 9.17) is 9.47 Å². The lowest BCUT2D eigenvalue weighted by Gasteiger charge is -2.12. The third kappa shape index (κ3) is 5.48. The van der Waals surface area contributed by atoms with Crippen molar-refractivity contribution in [3.05, 3.63) is 51.9 Å². The molecule has 0 fully saturated rings. The number of esters is 1. The molecule has 1 aromatic carbocycles. The molecule has 0 atom stereocenters. The highest BCUT2D eigenvalue weighted by molar-refractivity contribution is 6.19.